The Morgan fingerprint density at radius 2 is 1.79 bits per heavy atom. The molecule has 2 aromatic heterocycles. The van der Waals surface area contributed by atoms with Gasteiger partial charge >= 0.3 is 12.6 Å². The molecule has 1 aromatic carbocycles. The number of methoxy groups -OCH3 is 1. The Bertz CT molecular complexity index is 1330. The van der Waals surface area contributed by atoms with Crippen LogP contribution in [0, 0.1) is 6.92 Å². The van der Waals surface area contributed by atoms with E-state index in [1.165, 1.54) is 13.2 Å². The van der Waals surface area contributed by atoms with Crippen LogP contribution in [0.4, 0.5) is 14.5 Å². The highest BCUT2D eigenvalue weighted by atomic mass is 19.3. The predicted molar refractivity (Wildman–Crippen MR) is 137 cm³/mol. The molecular formula is C28H30F2N4O4. The summed E-state index contributed by atoms with van der Waals surface area (Å²) in [5, 5.41) is 2.80. The largest absolute Gasteiger partial charge is 0.464 e. The summed E-state index contributed by atoms with van der Waals surface area (Å²) in [5.74, 6) is -1.05. The fourth-order valence-corrected chi connectivity index (χ4v) is 4.76. The van der Waals surface area contributed by atoms with Gasteiger partial charge in [-0.25, -0.2) is 14.8 Å². The van der Waals surface area contributed by atoms with Crippen molar-refractivity contribution in [2.24, 2.45) is 0 Å². The second-order valence-corrected chi connectivity index (χ2v) is 9.61. The number of carbonyl (C=O) groups excluding carboxylic acids is 2. The van der Waals surface area contributed by atoms with E-state index in [1.54, 1.807) is 31.2 Å². The summed E-state index contributed by atoms with van der Waals surface area (Å²) in [4.78, 5) is 36.3. The number of hydrogen-bond donors (Lipinski definition) is 1. The lowest BCUT2D eigenvalue weighted by Crippen LogP contribution is -2.64. The summed E-state index contributed by atoms with van der Waals surface area (Å²) in [6.45, 7) is 3.81. The van der Waals surface area contributed by atoms with Crippen LogP contribution in [-0.4, -0.2) is 53.6 Å². The Kier molecular flexibility index (Phi) is 8.01. The Morgan fingerprint density at radius 1 is 1.05 bits per heavy atom. The number of anilines is 1. The fourth-order valence-electron chi connectivity index (χ4n) is 4.76. The van der Waals surface area contributed by atoms with Crippen molar-refractivity contribution in [1.82, 2.24) is 14.9 Å². The van der Waals surface area contributed by atoms with Crippen LogP contribution in [0.1, 0.15) is 52.8 Å². The van der Waals surface area contributed by atoms with E-state index in [0.717, 1.165) is 11.1 Å². The van der Waals surface area contributed by atoms with Crippen LogP contribution < -0.4 is 10.1 Å². The molecule has 4 rings (SSSR count). The van der Waals surface area contributed by atoms with Gasteiger partial charge in [-0.05, 0) is 48.2 Å². The van der Waals surface area contributed by atoms with Crippen LogP contribution in [0.3, 0.4) is 0 Å². The van der Waals surface area contributed by atoms with Crippen LogP contribution in [0.2, 0.25) is 0 Å². The molecule has 1 aliphatic rings. The van der Waals surface area contributed by atoms with Gasteiger partial charge < -0.3 is 14.8 Å². The van der Waals surface area contributed by atoms with Gasteiger partial charge in [0.15, 0.2) is 0 Å². The highest BCUT2D eigenvalue weighted by Crippen LogP contribution is 2.41. The van der Waals surface area contributed by atoms with Gasteiger partial charge in [-0.2, -0.15) is 8.78 Å². The minimum absolute atomic E-state index is 0.0770. The average Bonchev–Trinajstić information content (AvgIpc) is 2.86. The molecule has 0 spiro atoms. The molecule has 0 aliphatic carbocycles. The van der Waals surface area contributed by atoms with E-state index >= 15 is 0 Å². The zero-order valence-electron chi connectivity index (χ0n) is 21.7. The lowest BCUT2D eigenvalue weighted by molar-refractivity contribution is -0.128. The van der Waals surface area contributed by atoms with E-state index < -0.39 is 18.0 Å². The zero-order chi connectivity index (χ0) is 27.4. The van der Waals surface area contributed by atoms with Gasteiger partial charge in [0.1, 0.15) is 11.4 Å². The quantitative estimate of drug-likeness (QED) is 0.406. The molecule has 1 aliphatic heterocycles. The van der Waals surface area contributed by atoms with Gasteiger partial charge in [-0.3, -0.25) is 9.69 Å². The van der Waals surface area contributed by atoms with Crippen molar-refractivity contribution in [2.45, 2.75) is 45.3 Å². The molecule has 8 nitrogen and oxygen atoms in total. The van der Waals surface area contributed by atoms with Crippen molar-refractivity contribution in [3.8, 4) is 5.88 Å². The van der Waals surface area contributed by atoms with E-state index in [-0.39, 0.29) is 29.1 Å². The van der Waals surface area contributed by atoms with Gasteiger partial charge in [0.05, 0.1) is 18.2 Å². The topological polar surface area (TPSA) is 93.7 Å². The molecule has 1 amide bonds. The van der Waals surface area contributed by atoms with Crippen LogP contribution in [0.5, 0.6) is 5.88 Å². The number of alkyl halides is 2. The van der Waals surface area contributed by atoms with E-state index in [2.05, 4.69) is 33.9 Å². The van der Waals surface area contributed by atoms with Crippen LogP contribution in [-0.2, 0) is 21.5 Å². The maximum Gasteiger partial charge on any atom is 0.388 e. The second-order valence-electron chi connectivity index (χ2n) is 9.61. The number of amides is 1. The number of rotatable bonds is 9. The number of aryl methyl sites for hydroxylation is 1. The monoisotopic (exact) mass is 524 g/mol. The van der Waals surface area contributed by atoms with E-state index in [0.29, 0.717) is 31.0 Å². The van der Waals surface area contributed by atoms with Crippen molar-refractivity contribution < 1.29 is 27.8 Å². The number of pyridine rings is 2. The van der Waals surface area contributed by atoms with Crippen molar-refractivity contribution >= 4 is 17.6 Å². The molecule has 0 bridgehead atoms. The summed E-state index contributed by atoms with van der Waals surface area (Å²) in [6, 6.07) is 16.0. The molecule has 3 aromatic rings. The summed E-state index contributed by atoms with van der Waals surface area (Å²) < 4.78 is 35.4. The van der Waals surface area contributed by atoms with Gasteiger partial charge in [0.25, 0.3) is 0 Å². The van der Waals surface area contributed by atoms with Crippen molar-refractivity contribution in [1.29, 1.82) is 0 Å². The highest BCUT2D eigenvalue weighted by molar-refractivity contribution is 6.01. The number of ether oxygens (including phenoxy) is 2. The molecule has 1 saturated heterocycles. The molecule has 200 valence electrons. The van der Waals surface area contributed by atoms with Gasteiger partial charge in [0.2, 0.25) is 11.8 Å². The molecule has 38 heavy (non-hydrogen) atoms. The Labute approximate surface area is 220 Å². The lowest BCUT2D eigenvalue weighted by atomic mass is 9.69. The van der Waals surface area contributed by atoms with Crippen LogP contribution >= 0.6 is 0 Å². The normalized spacial score (nSPS) is 14.7. The molecule has 0 saturated carbocycles. The summed E-state index contributed by atoms with van der Waals surface area (Å²) in [5.41, 5.74) is 2.37. The Morgan fingerprint density at radius 3 is 2.47 bits per heavy atom. The third-order valence-corrected chi connectivity index (χ3v) is 6.56. The number of likely N-dealkylation sites (tertiary alicyclic amines) is 1. The number of nitrogens with one attached hydrogen (secondary N) is 1. The Balaban J connectivity index is 1.64. The average molecular weight is 525 g/mol. The molecule has 3 heterocycles. The second kappa shape index (κ2) is 11.2. The van der Waals surface area contributed by atoms with Crippen LogP contribution in [0.25, 0.3) is 0 Å². The molecule has 1 N–H and O–H groups in total. The van der Waals surface area contributed by atoms with Gasteiger partial charge in [-0.1, -0.05) is 44.2 Å². The first-order chi connectivity index (χ1) is 18.1. The third kappa shape index (κ3) is 5.65. The van der Waals surface area contributed by atoms with Crippen molar-refractivity contribution in [2.75, 3.05) is 25.5 Å². The van der Waals surface area contributed by atoms with Crippen molar-refractivity contribution in [3.63, 3.8) is 0 Å². The molecular weight excluding hydrogens is 494 g/mol. The summed E-state index contributed by atoms with van der Waals surface area (Å²) in [7, 11) is 1.30. The maximum atomic E-state index is 13.9. The van der Waals surface area contributed by atoms with Gasteiger partial charge in [-0.15, -0.1) is 0 Å². The van der Waals surface area contributed by atoms with Crippen molar-refractivity contribution in [3.05, 3.63) is 82.8 Å². The Hall–Kier alpha value is -3.92. The molecule has 10 heteroatoms. The standard InChI is InChI=1S/C28H30F2N4O4/c1-17(2)20-9-5-6-10-21(20)28(26(36)33-22-13-12-18(3)31-24(22)38-27(29)30)15-34(16-28)14-19-8-7-11-23(32-19)25(35)37-4/h5-13,17,27H,14-16H2,1-4H3,(H,33,36). The SMILES string of the molecule is COC(=O)c1cccc(CN2CC(C(=O)Nc3ccc(C)nc3OC(F)F)(c3ccccc3C(C)C)C2)n1. The third-order valence-electron chi connectivity index (χ3n) is 6.56. The number of hydrogen-bond acceptors (Lipinski definition) is 7. The number of esters is 1. The van der Waals surface area contributed by atoms with Gasteiger partial charge in [0, 0.05) is 25.3 Å². The highest BCUT2D eigenvalue weighted by Gasteiger charge is 2.51. The number of halogens is 2. The first kappa shape index (κ1) is 27.1. The lowest BCUT2D eigenvalue weighted by Gasteiger charge is -2.50. The van der Waals surface area contributed by atoms with Crippen LogP contribution in [0.15, 0.2) is 54.6 Å². The van der Waals surface area contributed by atoms with E-state index in [1.807, 2.05) is 29.2 Å². The first-order valence-corrected chi connectivity index (χ1v) is 12.2. The number of carbonyl (C=O) groups is 2. The fraction of sp³-hybridized carbons (Fsp3) is 0.357. The minimum Gasteiger partial charge on any atom is -0.464 e. The predicted octanol–water partition coefficient (Wildman–Crippen LogP) is 4.69. The maximum absolute atomic E-state index is 13.9. The zero-order valence-corrected chi connectivity index (χ0v) is 21.7. The van der Waals surface area contributed by atoms with E-state index in [9.17, 15) is 18.4 Å². The summed E-state index contributed by atoms with van der Waals surface area (Å²) in [6.07, 6.45) is 0. The minimum atomic E-state index is -3.08. The smallest absolute Gasteiger partial charge is 0.388 e. The first-order valence-electron chi connectivity index (χ1n) is 12.2. The molecule has 0 atom stereocenters. The number of benzene rings is 1. The number of nitrogens with zero attached hydrogens (tertiary/aromatic N) is 3. The number of aromatic nitrogens is 2. The molecule has 1 fully saturated rings. The molecule has 0 unspecified atom stereocenters. The van der Waals surface area contributed by atoms with E-state index in [4.69, 9.17) is 4.74 Å². The molecule has 0 radical (unpaired) electrons. The summed E-state index contributed by atoms with van der Waals surface area (Å²) >= 11 is 0.